The summed E-state index contributed by atoms with van der Waals surface area (Å²) in [6.45, 7) is 2.09. The Morgan fingerprint density at radius 1 is 1.09 bits per heavy atom. The number of halogens is 1. The smallest absolute Gasteiger partial charge is 0.293 e. The van der Waals surface area contributed by atoms with Crippen molar-refractivity contribution in [2.75, 3.05) is 23.7 Å². The first-order valence-electron chi connectivity index (χ1n) is 11.4. The third-order valence-corrected chi connectivity index (χ3v) is 7.35. The maximum absolute atomic E-state index is 12.8. The number of carbonyl (C=O) groups excluding carboxylic acids is 3. The minimum Gasteiger partial charge on any atom is -0.378 e. The fourth-order valence-electron chi connectivity index (χ4n) is 5.38. The highest BCUT2D eigenvalue weighted by Gasteiger charge is 2.58. The maximum Gasteiger partial charge on any atom is 0.293 e. The molecule has 0 spiro atoms. The Kier molecular flexibility index (Phi) is 5.80. The molecule has 35 heavy (non-hydrogen) atoms. The molecule has 180 valence electrons. The van der Waals surface area contributed by atoms with Crippen LogP contribution in [0.5, 0.6) is 0 Å². The molecule has 0 unspecified atom stereocenters. The van der Waals surface area contributed by atoms with E-state index < -0.39 is 10.8 Å². The van der Waals surface area contributed by atoms with Gasteiger partial charge in [0.05, 0.1) is 16.8 Å². The number of fused-ring (bicyclic) bond motifs is 5. The van der Waals surface area contributed by atoms with Gasteiger partial charge in [-0.2, -0.15) is 0 Å². The van der Waals surface area contributed by atoms with E-state index >= 15 is 0 Å². The zero-order valence-corrected chi connectivity index (χ0v) is 19.6. The van der Waals surface area contributed by atoms with E-state index in [0.29, 0.717) is 10.7 Å². The molecule has 2 bridgehead atoms. The normalized spacial score (nSPS) is 24.1. The molecule has 5 rings (SSSR count). The predicted octanol–water partition coefficient (Wildman–Crippen LogP) is 4.03. The van der Waals surface area contributed by atoms with Crippen LogP contribution in [-0.4, -0.2) is 40.6 Å². The van der Waals surface area contributed by atoms with Crippen molar-refractivity contribution in [2.24, 2.45) is 23.7 Å². The van der Waals surface area contributed by atoms with Gasteiger partial charge in [-0.3, -0.25) is 29.4 Å². The van der Waals surface area contributed by atoms with Gasteiger partial charge in [-0.05, 0) is 55.0 Å². The fraction of sp³-hybridized carbons (Fsp3) is 0.320. The van der Waals surface area contributed by atoms with Crippen molar-refractivity contribution in [3.05, 3.63) is 74.8 Å². The van der Waals surface area contributed by atoms with Crippen molar-refractivity contribution in [3.8, 4) is 0 Å². The lowest BCUT2D eigenvalue weighted by molar-refractivity contribution is -0.384. The van der Waals surface area contributed by atoms with Crippen LogP contribution >= 0.6 is 11.6 Å². The Labute approximate surface area is 206 Å². The number of aryl methyl sites for hydroxylation is 1. The zero-order chi connectivity index (χ0) is 24.9. The molecule has 0 radical (unpaired) electrons. The summed E-state index contributed by atoms with van der Waals surface area (Å²) in [5.74, 6) is -1.09. The number of amides is 3. The topological polar surface area (TPSA) is 122 Å². The number of allylic oxidation sites excluding steroid dienone is 2. The molecule has 1 aliphatic heterocycles. The van der Waals surface area contributed by atoms with Crippen LogP contribution in [0, 0.1) is 40.7 Å². The molecule has 10 heteroatoms. The molecule has 1 saturated heterocycles. The Hall–Kier alpha value is -3.72. The number of benzene rings is 2. The number of nitrogens with one attached hydrogen (secondary N) is 2. The summed E-state index contributed by atoms with van der Waals surface area (Å²) in [5.41, 5.74) is 1.35. The SMILES string of the molecule is Cc1ccc(Cl)cc1NC(=O)c1ccc(NCCN2C(=O)[C@@H]3[C@@H](C2=O)[C@H]2C=C[C@H]3C2)c([N+](=O)[O-])c1. The first-order valence-corrected chi connectivity index (χ1v) is 11.8. The van der Waals surface area contributed by atoms with E-state index in [0.717, 1.165) is 12.0 Å². The maximum atomic E-state index is 12.8. The second-order valence-corrected chi connectivity index (χ2v) is 9.59. The second-order valence-electron chi connectivity index (χ2n) is 9.16. The van der Waals surface area contributed by atoms with E-state index in [2.05, 4.69) is 10.6 Å². The van der Waals surface area contributed by atoms with E-state index in [1.807, 2.05) is 19.1 Å². The van der Waals surface area contributed by atoms with Gasteiger partial charge in [0.2, 0.25) is 11.8 Å². The van der Waals surface area contributed by atoms with Crippen LogP contribution in [0.1, 0.15) is 22.3 Å². The number of imide groups is 1. The second kappa shape index (κ2) is 8.81. The summed E-state index contributed by atoms with van der Waals surface area (Å²) < 4.78 is 0. The summed E-state index contributed by atoms with van der Waals surface area (Å²) >= 11 is 5.99. The molecular weight excluding hydrogens is 472 g/mol. The van der Waals surface area contributed by atoms with Gasteiger partial charge in [0.15, 0.2) is 0 Å². The lowest BCUT2D eigenvalue weighted by Gasteiger charge is -2.18. The van der Waals surface area contributed by atoms with Gasteiger partial charge in [0.1, 0.15) is 5.69 Å². The molecule has 0 aromatic heterocycles. The van der Waals surface area contributed by atoms with Gasteiger partial charge < -0.3 is 10.6 Å². The first kappa shape index (κ1) is 23.0. The van der Waals surface area contributed by atoms with E-state index in [4.69, 9.17) is 11.6 Å². The molecule has 2 aliphatic carbocycles. The number of nitrogens with zero attached hydrogens (tertiary/aromatic N) is 2. The third kappa shape index (κ3) is 4.05. The number of rotatable bonds is 7. The summed E-state index contributed by atoms with van der Waals surface area (Å²) in [4.78, 5) is 50.7. The monoisotopic (exact) mass is 494 g/mol. The number of hydrogen-bond acceptors (Lipinski definition) is 6. The quantitative estimate of drug-likeness (QED) is 0.259. The molecule has 2 N–H and O–H groups in total. The van der Waals surface area contributed by atoms with Crippen molar-refractivity contribution in [1.82, 2.24) is 4.90 Å². The van der Waals surface area contributed by atoms with Crippen molar-refractivity contribution in [1.29, 1.82) is 0 Å². The number of hydrogen-bond donors (Lipinski definition) is 2. The van der Waals surface area contributed by atoms with Crippen LogP contribution in [0.2, 0.25) is 5.02 Å². The van der Waals surface area contributed by atoms with Crippen LogP contribution in [-0.2, 0) is 9.59 Å². The Balaban J connectivity index is 1.25. The molecule has 3 aliphatic rings. The van der Waals surface area contributed by atoms with Crippen LogP contribution in [0.4, 0.5) is 17.1 Å². The average Bonchev–Trinajstić information content (AvgIpc) is 3.51. The molecule has 1 saturated carbocycles. The molecule has 2 aromatic rings. The number of anilines is 2. The zero-order valence-electron chi connectivity index (χ0n) is 18.9. The van der Waals surface area contributed by atoms with Crippen molar-refractivity contribution in [2.45, 2.75) is 13.3 Å². The van der Waals surface area contributed by atoms with Crippen molar-refractivity contribution in [3.63, 3.8) is 0 Å². The minimum atomic E-state index is -0.580. The lowest BCUT2D eigenvalue weighted by Crippen LogP contribution is -2.36. The molecule has 1 heterocycles. The van der Waals surface area contributed by atoms with E-state index in [9.17, 15) is 24.5 Å². The third-order valence-electron chi connectivity index (χ3n) is 7.12. The van der Waals surface area contributed by atoms with Crippen LogP contribution < -0.4 is 10.6 Å². The standard InChI is InChI=1S/C25H23ClN4O5/c1-13-2-6-17(26)12-19(13)28-23(31)16-5-7-18(20(11-16)30(34)35)27-8-9-29-24(32)21-14-3-4-15(10-14)22(21)25(29)33/h2-7,11-12,14-15,21-22,27H,8-10H2,1H3,(H,28,31)/t14-,15-,21-,22-/m0/s1. The van der Waals surface area contributed by atoms with Crippen molar-refractivity contribution >= 4 is 46.4 Å². The summed E-state index contributed by atoms with van der Waals surface area (Å²) in [6.07, 6.45) is 4.93. The van der Waals surface area contributed by atoms with Crippen LogP contribution in [0.15, 0.2) is 48.6 Å². The Morgan fingerprint density at radius 3 is 2.43 bits per heavy atom. The van der Waals surface area contributed by atoms with E-state index in [1.54, 1.807) is 18.2 Å². The average molecular weight is 495 g/mol. The van der Waals surface area contributed by atoms with E-state index in [1.165, 1.54) is 23.1 Å². The summed E-state index contributed by atoms with van der Waals surface area (Å²) in [7, 11) is 0. The fourth-order valence-corrected chi connectivity index (χ4v) is 5.56. The summed E-state index contributed by atoms with van der Waals surface area (Å²) in [5, 5.41) is 17.8. The molecular formula is C25H23ClN4O5. The highest BCUT2D eigenvalue weighted by molar-refractivity contribution is 6.31. The highest BCUT2D eigenvalue weighted by atomic mass is 35.5. The Morgan fingerprint density at radius 2 is 1.77 bits per heavy atom. The largest absolute Gasteiger partial charge is 0.378 e. The van der Waals surface area contributed by atoms with Gasteiger partial charge in [-0.25, -0.2) is 0 Å². The van der Waals surface area contributed by atoms with Gasteiger partial charge in [0, 0.05) is 35.4 Å². The molecule has 4 atom stereocenters. The Bertz CT molecular complexity index is 1260. The van der Waals surface area contributed by atoms with Gasteiger partial charge in [-0.1, -0.05) is 29.8 Å². The molecule has 3 amide bonds. The number of likely N-dealkylation sites (tertiary alicyclic amines) is 1. The van der Waals surface area contributed by atoms with Crippen molar-refractivity contribution < 1.29 is 19.3 Å². The molecule has 2 fully saturated rings. The summed E-state index contributed by atoms with van der Waals surface area (Å²) in [6, 6.07) is 9.19. The molecule has 2 aromatic carbocycles. The van der Waals surface area contributed by atoms with Crippen LogP contribution in [0.25, 0.3) is 0 Å². The number of carbonyl (C=O) groups is 3. The van der Waals surface area contributed by atoms with Crippen LogP contribution in [0.3, 0.4) is 0 Å². The van der Waals surface area contributed by atoms with E-state index in [-0.39, 0.29) is 65.5 Å². The number of nitro groups is 1. The first-order chi connectivity index (χ1) is 16.7. The number of nitro benzene ring substituents is 1. The van der Waals surface area contributed by atoms with Gasteiger partial charge in [0.25, 0.3) is 11.6 Å². The minimum absolute atomic E-state index is 0.113. The molecule has 9 nitrogen and oxygen atoms in total. The lowest BCUT2D eigenvalue weighted by atomic mass is 9.85. The van der Waals surface area contributed by atoms with Gasteiger partial charge >= 0.3 is 0 Å². The predicted molar refractivity (Wildman–Crippen MR) is 130 cm³/mol. The highest BCUT2D eigenvalue weighted by Crippen LogP contribution is 2.52. The van der Waals surface area contributed by atoms with Gasteiger partial charge in [-0.15, -0.1) is 0 Å².